The van der Waals surface area contributed by atoms with Gasteiger partial charge >= 0.3 is 0 Å². The van der Waals surface area contributed by atoms with Crippen molar-refractivity contribution in [1.82, 2.24) is 9.97 Å². The second kappa shape index (κ2) is 11.9. The average Bonchev–Trinajstić information content (AvgIpc) is 3.62. The maximum Gasteiger partial charge on any atom is 0.0971 e. The first kappa shape index (κ1) is 30.0. The van der Waals surface area contributed by atoms with Crippen molar-refractivity contribution in [2.24, 2.45) is 0 Å². The van der Waals surface area contributed by atoms with Crippen LogP contribution >= 0.6 is 11.3 Å². The Bertz CT molecular complexity index is 3210. The van der Waals surface area contributed by atoms with Crippen LogP contribution in [0.25, 0.3) is 108 Å². The quantitative estimate of drug-likeness (QED) is 0.172. The Morgan fingerprint density at radius 1 is 0.321 bits per heavy atom. The van der Waals surface area contributed by atoms with Gasteiger partial charge in [-0.15, -0.1) is 11.3 Å². The molecular formula is C50H30N2S. The summed E-state index contributed by atoms with van der Waals surface area (Å²) in [4.78, 5) is 9.43. The van der Waals surface area contributed by atoms with Crippen LogP contribution in [0.2, 0.25) is 0 Å². The fourth-order valence-electron chi connectivity index (χ4n) is 8.13. The minimum atomic E-state index is 0.942. The Labute approximate surface area is 310 Å². The fraction of sp³-hybridized carbons (Fsp3) is 0. The van der Waals surface area contributed by atoms with Crippen LogP contribution in [0.5, 0.6) is 0 Å². The first-order chi connectivity index (χ1) is 26.2. The number of aromatic nitrogens is 2. The van der Waals surface area contributed by atoms with Crippen molar-refractivity contribution in [2.75, 3.05) is 0 Å². The maximum absolute atomic E-state index is 4.74. The normalized spacial score (nSPS) is 11.8. The molecular weight excluding hydrogens is 661 g/mol. The van der Waals surface area contributed by atoms with Crippen molar-refractivity contribution >= 4 is 74.9 Å². The van der Waals surface area contributed by atoms with Crippen LogP contribution in [0.15, 0.2) is 182 Å². The number of hydrogen-bond acceptors (Lipinski definition) is 3. The maximum atomic E-state index is 4.74. The van der Waals surface area contributed by atoms with Crippen molar-refractivity contribution < 1.29 is 0 Å². The predicted octanol–water partition coefficient (Wildman–Crippen LogP) is 14.1. The Hall–Kier alpha value is -6.68. The van der Waals surface area contributed by atoms with Gasteiger partial charge in [0.05, 0.1) is 11.0 Å². The van der Waals surface area contributed by atoms with Crippen LogP contribution < -0.4 is 0 Å². The zero-order valence-corrected chi connectivity index (χ0v) is 29.4. The zero-order chi connectivity index (χ0) is 34.9. The largest absolute Gasteiger partial charge is 0.252 e. The van der Waals surface area contributed by atoms with E-state index in [4.69, 9.17) is 9.97 Å². The molecule has 0 aliphatic heterocycles. The van der Waals surface area contributed by atoms with E-state index < -0.39 is 0 Å². The predicted molar refractivity (Wildman–Crippen MR) is 227 cm³/mol. The molecule has 9 aromatic carbocycles. The highest BCUT2D eigenvalue weighted by Gasteiger charge is 2.13. The average molecular weight is 691 g/mol. The monoisotopic (exact) mass is 690 g/mol. The topological polar surface area (TPSA) is 25.8 Å². The Kier molecular flexibility index (Phi) is 6.76. The Morgan fingerprint density at radius 2 is 0.830 bits per heavy atom. The van der Waals surface area contributed by atoms with Gasteiger partial charge in [0.1, 0.15) is 0 Å². The molecule has 0 saturated carbocycles. The standard InChI is InChI=1S/C50H30N2S/c1-2-14-43-41(12-1)46-30-38(22-23-44(46)49-48(43)51-24-25-52-49)34-11-6-9-32(27-34)31-8-5-10-33(26-31)35-18-19-37-29-39(21-20-36(37)28-35)40-15-7-16-45-42-13-3-4-17-47(42)53-50(40)45/h1-30H. The van der Waals surface area contributed by atoms with Crippen LogP contribution in [0.3, 0.4) is 0 Å². The summed E-state index contributed by atoms with van der Waals surface area (Å²) in [7, 11) is 0. The van der Waals surface area contributed by atoms with Crippen molar-refractivity contribution in [3.05, 3.63) is 182 Å². The molecule has 2 nitrogen and oxygen atoms in total. The second-order valence-corrected chi connectivity index (χ2v) is 14.8. The number of fused-ring (bicyclic) bond motifs is 10. The van der Waals surface area contributed by atoms with E-state index in [9.17, 15) is 0 Å². The van der Waals surface area contributed by atoms with Gasteiger partial charge in [-0.2, -0.15) is 0 Å². The molecule has 11 rings (SSSR count). The molecule has 0 amide bonds. The zero-order valence-electron chi connectivity index (χ0n) is 28.6. The number of nitrogens with zero attached hydrogens (tertiary/aromatic N) is 2. The summed E-state index contributed by atoms with van der Waals surface area (Å²) in [6, 6.07) is 62.2. The summed E-state index contributed by atoms with van der Waals surface area (Å²) in [5, 5.41) is 9.80. The van der Waals surface area contributed by atoms with Crippen molar-refractivity contribution in [3.8, 4) is 44.5 Å². The van der Waals surface area contributed by atoms with Gasteiger partial charge in [0.25, 0.3) is 0 Å². The summed E-state index contributed by atoms with van der Waals surface area (Å²) >= 11 is 1.88. The van der Waals surface area contributed by atoms with Gasteiger partial charge in [-0.3, -0.25) is 9.97 Å². The highest BCUT2D eigenvalue weighted by Crippen LogP contribution is 2.41. The third-order valence-corrected chi connectivity index (χ3v) is 11.9. The van der Waals surface area contributed by atoms with E-state index in [1.54, 1.807) is 12.4 Å². The second-order valence-electron chi connectivity index (χ2n) is 13.8. The number of rotatable bonds is 4. The molecule has 0 saturated heterocycles. The lowest BCUT2D eigenvalue weighted by Crippen LogP contribution is -1.89. The molecule has 0 spiro atoms. The summed E-state index contributed by atoms with van der Waals surface area (Å²) in [5.74, 6) is 0. The number of benzene rings is 9. The molecule has 0 aliphatic carbocycles. The van der Waals surface area contributed by atoms with Crippen molar-refractivity contribution in [1.29, 1.82) is 0 Å². The van der Waals surface area contributed by atoms with Crippen LogP contribution in [-0.2, 0) is 0 Å². The molecule has 0 unspecified atom stereocenters. The van der Waals surface area contributed by atoms with Gasteiger partial charge in [0.2, 0.25) is 0 Å². The first-order valence-electron chi connectivity index (χ1n) is 18.0. The molecule has 0 atom stereocenters. The van der Waals surface area contributed by atoms with Gasteiger partial charge < -0.3 is 0 Å². The van der Waals surface area contributed by atoms with Gasteiger partial charge in [-0.05, 0) is 102 Å². The molecule has 0 radical (unpaired) electrons. The summed E-state index contributed by atoms with van der Waals surface area (Å²) in [5.41, 5.74) is 11.6. The smallest absolute Gasteiger partial charge is 0.0971 e. The van der Waals surface area contributed by atoms with E-state index in [0.717, 1.165) is 21.8 Å². The third kappa shape index (κ3) is 4.93. The molecule has 0 fully saturated rings. The van der Waals surface area contributed by atoms with Gasteiger partial charge in [-0.1, -0.05) is 133 Å². The molecule has 53 heavy (non-hydrogen) atoms. The fourth-order valence-corrected chi connectivity index (χ4v) is 9.37. The third-order valence-electron chi connectivity index (χ3n) is 10.7. The van der Waals surface area contributed by atoms with Crippen LogP contribution in [-0.4, -0.2) is 9.97 Å². The van der Waals surface area contributed by atoms with Crippen LogP contribution in [0.4, 0.5) is 0 Å². The van der Waals surface area contributed by atoms with E-state index in [1.165, 1.54) is 86.2 Å². The minimum absolute atomic E-state index is 0.942. The summed E-state index contributed by atoms with van der Waals surface area (Å²) in [6.07, 6.45) is 3.56. The molecule has 2 heterocycles. The number of thiophene rings is 1. The van der Waals surface area contributed by atoms with E-state index in [-0.39, 0.29) is 0 Å². The summed E-state index contributed by atoms with van der Waals surface area (Å²) in [6.45, 7) is 0. The molecule has 2 aromatic heterocycles. The molecule has 3 heteroatoms. The summed E-state index contributed by atoms with van der Waals surface area (Å²) < 4.78 is 2.68. The lowest BCUT2D eigenvalue weighted by molar-refractivity contribution is 1.31. The Morgan fingerprint density at radius 3 is 1.55 bits per heavy atom. The lowest BCUT2D eigenvalue weighted by Gasteiger charge is -2.12. The highest BCUT2D eigenvalue weighted by atomic mass is 32.1. The van der Waals surface area contributed by atoms with Crippen molar-refractivity contribution in [2.45, 2.75) is 0 Å². The van der Waals surface area contributed by atoms with Gasteiger partial charge in [0, 0.05) is 43.3 Å². The van der Waals surface area contributed by atoms with Gasteiger partial charge in [-0.25, -0.2) is 0 Å². The molecule has 0 N–H and O–H groups in total. The van der Waals surface area contributed by atoms with Crippen LogP contribution in [0.1, 0.15) is 0 Å². The highest BCUT2D eigenvalue weighted by molar-refractivity contribution is 7.26. The SMILES string of the molecule is c1cc(-c2cccc(-c3ccc4c(c3)c3ccccc3c3nccnc43)c2)cc(-c2ccc3cc(-c4cccc5c4sc4ccccc45)ccc3c2)c1. The van der Waals surface area contributed by atoms with Gasteiger partial charge in [0.15, 0.2) is 0 Å². The minimum Gasteiger partial charge on any atom is -0.252 e. The first-order valence-corrected chi connectivity index (χ1v) is 18.8. The van der Waals surface area contributed by atoms with E-state index in [1.807, 2.05) is 11.3 Å². The number of hydrogen-bond donors (Lipinski definition) is 0. The van der Waals surface area contributed by atoms with Crippen LogP contribution in [0, 0.1) is 0 Å². The molecule has 246 valence electrons. The molecule has 11 aromatic rings. The molecule has 0 bridgehead atoms. The van der Waals surface area contributed by atoms with E-state index >= 15 is 0 Å². The van der Waals surface area contributed by atoms with E-state index in [2.05, 4.69) is 170 Å². The Balaban J connectivity index is 0.940. The molecule has 0 aliphatic rings. The van der Waals surface area contributed by atoms with Crippen molar-refractivity contribution in [3.63, 3.8) is 0 Å². The van der Waals surface area contributed by atoms with E-state index in [0.29, 0.717) is 0 Å². The lowest BCUT2D eigenvalue weighted by atomic mass is 9.93.